The van der Waals surface area contributed by atoms with Crippen molar-refractivity contribution in [2.75, 3.05) is 27.4 Å². The van der Waals surface area contributed by atoms with Crippen LogP contribution in [0.5, 0.6) is 17.2 Å². The number of fused-ring (bicyclic) bond motifs is 1. The Kier molecular flexibility index (Phi) is 7.57. The van der Waals surface area contributed by atoms with Gasteiger partial charge in [-0.15, -0.1) is 0 Å². The molecule has 160 valence electrons. The average molecular weight is 412 g/mol. The minimum atomic E-state index is -0.850. The smallest absolute Gasteiger partial charge is 0.220 e. The number of hydrogen-bond acceptors (Lipinski definition) is 5. The molecule has 1 atom stereocenters. The fourth-order valence-electron chi connectivity index (χ4n) is 3.30. The van der Waals surface area contributed by atoms with Crippen LogP contribution in [0.4, 0.5) is 0 Å². The van der Waals surface area contributed by atoms with Gasteiger partial charge < -0.3 is 29.6 Å². The number of carbonyl (C=O) groups excluding carboxylic acids is 1. The summed E-state index contributed by atoms with van der Waals surface area (Å²) in [6.45, 7) is 0.121. The third kappa shape index (κ3) is 5.45. The normalized spacial score (nSPS) is 11.8. The van der Waals surface area contributed by atoms with Crippen molar-refractivity contribution in [3.05, 3.63) is 54.2 Å². The van der Waals surface area contributed by atoms with E-state index >= 15 is 0 Å². The van der Waals surface area contributed by atoms with Gasteiger partial charge in [-0.1, -0.05) is 24.3 Å². The number of aromatic amines is 1. The van der Waals surface area contributed by atoms with Crippen molar-refractivity contribution in [2.45, 2.75) is 25.4 Å². The van der Waals surface area contributed by atoms with Crippen molar-refractivity contribution in [3.8, 4) is 17.2 Å². The standard InChI is InChI=1S/C23H28N2O5/c1-28-20-10-6-11-21(29-2)23(20)30-15-17(26)14-25-22(27)12-5-7-16-13-24-19-9-4-3-8-18(16)19/h3-4,6,8-11,13,17,24,26H,5,7,12,14-15H2,1-2H3,(H,25,27). The molecule has 1 heterocycles. The molecule has 0 fully saturated rings. The Labute approximate surface area is 176 Å². The number of methoxy groups -OCH3 is 2. The summed E-state index contributed by atoms with van der Waals surface area (Å²) in [6, 6.07) is 13.4. The molecule has 0 aliphatic carbocycles. The maximum absolute atomic E-state index is 12.1. The summed E-state index contributed by atoms with van der Waals surface area (Å²) in [5.74, 6) is 1.36. The Morgan fingerprint density at radius 2 is 1.83 bits per heavy atom. The topological polar surface area (TPSA) is 92.8 Å². The number of rotatable bonds is 11. The Morgan fingerprint density at radius 3 is 2.57 bits per heavy atom. The molecule has 7 nitrogen and oxygen atoms in total. The van der Waals surface area contributed by atoms with E-state index in [1.165, 1.54) is 25.2 Å². The van der Waals surface area contributed by atoms with Gasteiger partial charge in [0, 0.05) is 30.1 Å². The minimum absolute atomic E-state index is 0.00630. The van der Waals surface area contributed by atoms with E-state index in [-0.39, 0.29) is 19.1 Å². The second-order valence-corrected chi connectivity index (χ2v) is 6.97. The molecular weight excluding hydrogens is 384 g/mol. The van der Waals surface area contributed by atoms with Gasteiger partial charge in [0.25, 0.3) is 0 Å². The largest absolute Gasteiger partial charge is 0.493 e. The molecule has 0 radical (unpaired) electrons. The second kappa shape index (κ2) is 10.5. The Morgan fingerprint density at radius 1 is 1.10 bits per heavy atom. The number of aromatic nitrogens is 1. The quantitative estimate of drug-likeness (QED) is 0.450. The van der Waals surface area contributed by atoms with Crippen molar-refractivity contribution in [3.63, 3.8) is 0 Å². The van der Waals surface area contributed by atoms with E-state index in [1.807, 2.05) is 24.4 Å². The number of aryl methyl sites for hydroxylation is 1. The highest BCUT2D eigenvalue weighted by Gasteiger charge is 2.14. The number of benzene rings is 2. The van der Waals surface area contributed by atoms with E-state index < -0.39 is 6.10 Å². The molecule has 0 bridgehead atoms. The highest BCUT2D eigenvalue weighted by molar-refractivity contribution is 5.83. The SMILES string of the molecule is COc1cccc(OC)c1OCC(O)CNC(=O)CCCc1c[nH]c2ccccc12. The summed E-state index contributed by atoms with van der Waals surface area (Å²) in [5.41, 5.74) is 2.31. The van der Waals surface area contributed by atoms with Gasteiger partial charge in [-0.3, -0.25) is 4.79 Å². The van der Waals surface area contributed by atoms with Gasteiger partial charge in [-0.25, -0.2) is 0 Å². The molecular formula is C23H28N2O5. The third-order valence-electron chi connectivity index (χ3n) is 4.86. The molecule has 30 heavy (non-hydrogen) atoms. The van der Waals surface area contributed by atoms with E-state index in [1.54, 1.807) is 18.2 Å². The number of aliphatic hydroxyl groups is 1. The third-order valence-corrected chi connectivity index (χ3v) is 4.86. The molecule has 0 spiro atoms. The number of nitrogens with one attached hydrogen (secondary N) is 2. The van der Waals surface area contributed by atoms with Gasteiger partial charge in [0.1, 0.15) is 12.7 Å². The molecule has 7 heteroatoms. The molecule has 3 N–H and O–H groups in total. The van der Waals surface area contributed by atoms with Crippen molar-refractivity contribution in [2.24, 2.45) is 0 Å². The fourth-order valence-corrected chi connectivity index (χ4v) is 3.30. The molecule has 3 rings (SSSR count). The van der Waals surface area contributed by atoms with Gasteiger partial charge in [-0.05, 0) is 36.6 Å². The van der Waals surface area contributed by atoms with Gasteiger partial charge in [0.2, 0.25) is 11.7 Å². The van der Waals surface area contributed by atoms with Crippen LogP contribution in [0.2, 0.25) is 0 Å². The minimum Gasteiger partial charge on any atom is -0.493 e. The predicted molar refractivity (Wildman–Crippen MR) is 115 cm³/mol. The fraction of sp³-hybridized carbons (Fsp3) is 0.348. The molecule has 0 aliphatic rings. The zero-order chi connectivity index (χ0) is 21.3. The molecule has 1 amide bonds. The summed E-state index contributed by atoms with van der Waals surface area (Å²) >= 11 is 0. The van der Waals surface area contributed by atoms with E-state index in [0.29, 0.717) is 23.7 Å². The van der Waals surface area contributed by atoms with Crippen LogP contribution in [0.1, 0.15) is 18.4 Å². The average Bonchev–Trinajstić information content (AvgIpc) is 3.19. The van der Waals surface area contributed by atoms with Crippen LogP contribution in [0.3, 0.4) is 0 Å². The van der Waals surface area contributed by atoms with E-state index in [4.69, 9.17) is 14.2 Å². The highest BCUT2D eigenvalue weighted by Crippen LogP contribution is 2.36. The molecule has 0 saturated heterocycles. The van der Waals surface area contributed by atoms with E-state index in [2.05, 4.69) is 16.4 Å². The predicted octanol–water partition coefficient (Wildman–Crippen LogP) is 3.06. The van der Waals surface area contributed by atoms with Crippen molar-refractivity contribution >= 4 is 16.8 Å². The Bertz CT molecular complexity index is 947. The summed E-state index contributed by atoms with van der Waals surface area (Å²) in [7, 11) is 3.07. The second-order valence-electron chi connectivity index (χ2n) is 6.97. The lowest BCUT2D eigenvalue weighted by Gasteiger charge is -2.17. The molecule has 2 aromatic carbocycles. The zero-order valence-corrected chi connectivity index (χ0v) is 17.3. The Balaban J connectivity index is 1.39. The first kappa shape index (κ1) is 21.5. The lowest BCUT2D eigenvalue weighted by atomic mass is 10.1. The van der Waals surface area contributed by atoms with Gasteiger partial charge in [0.15, 0.2) is 11.5 Å². The van der Waals surface area contributed by atoms with Crippen LogP contribution in [0.15, 0.2) is 48.7 Å². The summed E-state index contributed by atoms with van der Waals surface area (Å²) in [4.78, 5) is 15.3. The number of ether oxygens (including phenoxy) is 3. The van der Waals surface area contributed by atoms with Crippen LogP contribution < -0.4 is 19.5 Å². The zero-order valence-electron chi connectivity index (χ0n) is 17.3. The number of H-pyrrole nitrogens is 1. The van der Waals surface area contributed by atoms with Gasteiger partial charge in [-0.2, -0.15) is 0 Å². The molecule has 1 unspecified atom stereocenters. The molecule has 1 aromatic heterocycles. The Hall–Kier alpha value is -3.19. The summed E-state index contributed by atoms with van der Waals surface area (Å²) < 4.78 is 16.2. The van der Waals surface area contributed by atoms with E-state index in [9.17, 15) is 9.90 Å². The van der Waals surface area contributed by atoms with Crippen LogP contribution >= 0.6 is 0 Å². The van der Waals surface area contributed by atoms with Crippen molar-refractivity contribution in [1.82, 2.24) is 10.3 Å². The van der Waals surface area contributed by atoms with Gasteiger partial charge in [0.05, 0.1) is 14.2 Å². The maximum Gasteiger partial charge on any atom is 0.220 e. The number of hydrogen-bond donors (Lipinski definition) is 3. The lowest BCUT2D eigenvalue weighted by Crippen LogP contribution is -2.35. The van der Waals surface area contributed by atoms with E-state index in [0.717, 1.165) is 18.4 Å². The van der Waals surface area contributed by atoms with Crippen LogP contribution in [-0.2, 0) is 11.2 Å². The molecule has 0 aliphatic heterocycles. The van der Waals surface area contributed by atoms with Gasteiger partial charge >= 0.3 is 0 Å². The number of carbonyl (C=O) groups is 1. The van der Waals surface area contributed by atoms with Crippen molar-refractivity contribution < 1.29 is 24.1 Å². The molecule has 0 saturated carbocycles. The first-order valence-corrected chi connectivity index (χ1v) is 9.96. The number of para-hydroxylation sites is 2. The van der Waals surface area contributed by atoms with Crippen molar-refractivity contribution in [1.29, 1.82) is 0 Å². The lowest BCUT2D eigenvalue weighted by molar-refractivity contribution is -0.121. The summed E-state index contributed by atoms with van der Waals surface area (Å²) in [5, 5.41) is 14.1. The monoisotopic (exact) mass is 412 g/mol. The number of amides is 1. The first-order chi connectivity index (χ1) is 14.6. The van der Waals surface area contributed by atoms with Crippen LogP contribution in [-0.4, -0.2) is 49.5 Å². The van der Waals surface area contributed by atoms with Crippen LogP contribution in [0, 0.1) is 0 Å². The maximum atomic E-state index is 12.1. The summed E-state index contributed by atoms with van der Waals surface area (Å²) in [6.07, 6.45) is 3.09. The number of aliphatic hydroxyl groups excluding tert-OH is 1. The highest BCUT2D eigenvalue weighted by atomic mass is 16.5. The molecule has 3 aromatic rings. The first-order valence-electron chi connectivity index (χ1n) is 9.96. The van der Waals surface area contributed by atoms with Crippen LogP contribution in [0.25, 0.3) is 10.9 Å².